The van der Waals surface area contributed by atoms with Crippen molar-refractivity contribution in [2.24, 2.45) is 5.41 Å². The quantitative estimate of drug-likeness (QED) is 0.661. The summed E-state index contributed by atoms with van der Waals surface area (Å²) in [6, 6.07) is 0. The Kier molecular flexibility index (Phi) is 6.27. The first-order valence-corrected chi connectivity index (χ1v) is 7.67. The molecule has 1 fully saturated rings. The fourth-order valence-electron chi connectivity index (χ4n) is 3.05. The van der Waals surface area contributed by atoms with Crippen LogP contribution in [-0.2, 0) is 4.79 Å². The normalized spacial score (nSPS) is 26.7. The number of amides is 1. The van der Waals surface area contributed by atoms with Crippen LogP contribution in [0, 0.1) is 5.41 Å². The van der Waals surface area contributed by atoms with Gasteiger partial charge in [0, 0.05) is 13.1 Å². The average molecular weight is 270 g/mol. The van der Waals surface area contributed by atoms with Crippen molar-refractivity contribution < 1.29 is 9.90 Å². The molecule has 2 unspecified atom stereocenters. The Labute approximate surface area is 117 Å². The summed E-state index contributed by atoms with van der Waals surface area (Å²) in [7, 11) is 0. The molecule has 0 aliphatic carbocycles. The largest absolute Gasteiger partial charge is 0.388 e. The average Bonchev–Trinajstić information content (AvgIpc) is 2.37. The van der Waals surface area contributed by atoms with Gasteiger partial charge in [0.2, 0.25) is 5.91 Å². The van der Waals surface area contributed by atoms with Gasteiger partial charge in [0.1, 0.15) is 0 Å². The van der Waals surface area contributed by atoms with Gasteiger partial charge in [-0.1, -0.05) is 26.7 Å². The second kappa shape index (κ2) is 7.25. The van der Waals surface area contributed by atoms with Crippen molar-refractivity contribution in [3.8, 4) is 0 Å². The Morgan fingerprint density at radius 3 is 2.68 bits per heavy atom. The van der Waals surface area contributed by atoms with Gasteiger partial charge < -0.3 is 15.7 Å². The fraction of sp³-hybridized carbons (Fsp3) is 0.933. The van der Waals surface area contributed by atoms with Crippen LogP contribution in [0.15, 0.2) is 0 Å². The van der Waals surface area contributed by atoms with Crippen molar-refractivity contribution in [3.63, 3.8) is 0 Å². The van der Waals surface area contributed by atoms with E-state index in [1.807, 2.05) is 6.92 Å². The maximum atomic E-state index is 12.5. The Morgan fingerprint density at radius 2 is 2.16 bits per heavy atom. The number of carbonyl (C=O) groups excluding carboxylic acids is 1. The SMILES string of the molecule is CCCC(C)(O)CNC(=O)C1(CCC)CCCNC1. The molecule has 112 valence electrons. The number of nitrogens with one attached hydrogen (secondary N) is 2. The van der Waals surface area contributed by atoms with Crippen LogP contribution < -0.4 is 10.6 Å². The van der Waals surface area contributed by atoms with E-state index >= 15 is 0 Å². The van der Waals surface area contributed by atoms with E-state index in [2.05, 4.69) is 17.6 Å². The molecule has 2 atom stereocenters. The number of rotatable bonds is 7. The Bertz CT molecular complexity index is 278. The molecule has 0 radical (unpaired) electrons. The van der Waals surface area contributed by atoms with E-state index in [0.29, 0.717) is 13.0 Å². The van der Waals surface area contributed by atoms with Crippen LogP contribution >= 0.6 is 0 Å². The van der Waals surface area contributed by atoms with E-state index < -0.39 is 5.60 Å². The molecule has 4 nitrogen and oxygen atoms in total. The molecule has 1 aliphatic heterocycles. The van der Waals surface area contributed by atoms with Crippen LogP contribution in [0.4, 0.5) is 0 Å². The predicted octanol–water partition coefficient (Wildman–Crippen LogP) is 1.82. The molecule has 0 aromatic carbocycles. The van der Waals surface area contributed by atoms with Gasteiger partial charge in [0.15, 0.2) is 0 Å². The summed E-state index contributed by atoms with van der Waals surface area (Å²) in [4.78, 5) is 12.5. The van der Waals surface area contributed by atoms with Gasteiger partial charge in [-0.05, 0) is 39.2 Å². The van der Waals surface area contributed by atoms with Gasteiger partial charge in [0.05, 0.1) is 11.0 Å². The summed E-state index contributed by atoms with van der Waals surface area (Å²) in [5.41, 5.74) is -1.06. The highest BCUT2D eigenvalue weighted by Gasteiger charge is 2.39. The fourth-order valence-corrected chi connectivity index (χ4v) is 3.05. The first-order chi connectivity index (χ1) is 8.96. The molecule has 0 aromatic heterocycles. The zero-order valence-corrected chi connectivity index (χ0v) is 12.7. The maximum Gasteiger partial charge on any atom is 0.227 e. The van der Waals surface area contributed by atoms with Crippen LogP contribution in [0.3, 0.4) is 0 Å². The number of piperidine rings is 1. The summed E-state index contributed by atoms with van der Waals surface area (Å²) >= 11 is 0. The lowest BCUT2D eigenvalue weighted by molar-refractivity contribution is -0.133. The van der Waals surface area contributed by atoms with Crippen LogP contribution in [0.2, 0.25) is 0 Å². The van der Waals surface area contributed by atoms with E-state index in [1.165, 1.54) is 0 Å². The van der Waals surface area contributed by atoms with Crippen LogP contribution in [-0.4, -0.2) is 36.2 Å². The number of carbonyl (C=O) groups is 1. The van der Waals surface area contributed by atoms with Gasteiger partial charge in [0.25, 0.3) is 0 Å². The third kappa shape index (κ3) is 4.77. The number of hydrogen-bond donors (Lipinski definition) is 3. The second-order valence-corrected chi connectivity index (χ2v) is 6.24. The van der Waals surface area contributed by atoms with Crippen LogP contribution in [0.1, 0.15) is 59.3 Å². The number of hydrogen-bond acceptors (Lipinski definition) is 3. The zero-order valence-electron chi connectivity index (χ0n) is 12.7. The summed E-state index contributed by atoms with van der Waals surface area (Å²) in [6.07, 6.45) is 5.58. The highest BCUT2D eigenvalue weighted by molar-refractivity contribution is 5.83. The molecular weight excluding hydrogens is 240 g/mol. The minimum absolute atomic E-state index is 0.109. The smallest absolute Gasteiger partial charge is 0.227 e. The van der Waals surface area contributed by atoms with Crippen molar-refractivity contribution in [2.45, 2.75) is 64.9 Å². The molecular formula is C15H30N2O2. The van der Waals surface area contributed by atoms with Gasteiger partial charge in [-0.25, -0.2) is 0 Å². The highest BCUT2D eigenvalue weighted by Crippen LogP contribution is 2.32. The molecule has 19 heavy (non-hydrogen) atoms. The molecule has 1 heterocycles. The van der Waals surface area contributed by atoms with E-state index in [4.69, 9.17) is 0 Å². The van der Waals surface area contributed by atoms with Crippen molar-refractivity contribution in [2.75, 3.05) is 19.6 Å². The first kappa shape index (κ1) is 16.4. The zero-order chi connectivity index (χ0) is 14.4. The van der Waals surface area contributed by atoms with E-state index in [0.717, 1.165) is 45.2 Å². The first-order valence-electron chi connectivity index (χ1n) is 7.67. The van der Waals surface area contributed by atoms with E-state index in [1.54, 1.807) is 6.92 Å². The summed E-state index contributed by atoms with van der Waals surface area (Å²) < 4.78 is 0. The molecule has 3 N–H and O–H groups in total. The standard InChI is InChI=1S/C15H30N2O2/c1-4-7-14(3,19)11-17-13(18)15(8-5-2)9-6-10-16-12-15/h16,19H,4-12H2,1-3H3,(H,17,18). The molecule has 0 saturated carbocycles. The Hall–Kier alpha value is -0.610. The minimum atomic E-state index is -0.792. The topological polar surface area (TPSA) is 61.4 Å². The van der Waals surface area contributed by atoms with Crippen LogP contribution in [0.25, 0.3) is 0 Å². The summed E-state index contributed by atoms with van der Waals surface area (Å²) in [6.45, 7) is 8.08. The Balaban J connectivity index is 2.57. The second-order valence-electron chi connectivity index (χ2n) is 6.24. The monoisotopic (exact) mass is 270 g/mol. The molecule has 0 spiro atoms. The van der Waals surface area contributed by atoms with Crippen LogP contribution in [0.5, 0.6) is 0 Å². The van der Waals surface area contributed by atoms with Crippen molar-refractivity contribution in [1.29, 1.82) is 0 Å². The lowest BCUT2D eigenvalue weighted by Gasteiger charge is -2.37. The van der Waals surface area contributed by atoms with Crippen molar-refractivity contribution >= 4 is 5.91 Å². The molecule has 1 rings (SSSR count). The van der Waals surface area contributed by atoms with Crippen molar-refractivity contribution in [1.82, 2.24) is 10.6 Å². The van der Waals surface area contributed by atoms with Gasteiger partial charge in [-0.2, -0.15) is 0 Å². The van der Waals surface area contributed by atoms with Gasteiger partial charge >= 0.3 is 0 Å². The third-order valence-corrected chi connectivity index (χ3v) is 4.10. The molecule has 0 bridgehead atoms. The lowest BCUT2D eigenvalue weighted by atomic mass is 9.76. The maximum absolute atomic E-state index is 12.5. The molecule has 0 aromatic rings. The lowest BCUT2D eigenvalue weighted by Crippen LogP contribution is -2.53. The van der Waals surface area contributed by atoms with Crippen molar-refractivity contribution in [3.05, 3.63) is 0 Å². The highest BCUT2D eigenvalue weighted by atomic mass is 16.3. The minimum Gasteiger partial charge on any atom is -0.388 e. The third-order valence-electron chi connectivity index (χ3n) is 4.10. The molecule has 1 amide bonds. The summed E-state index contributed by atoms with van der Waals surface area (Å²) in [5, 5.41) is 16.5. The predicted molar refractivity (Wildman–Crippen MR) is 78.0 cm³/mol. The summed E-state index contributed by atoms with van der Waals surface area (Å²) in [5.74, 6) is 0.109. The van der Waals surface area contributed by atoms with Gasteiger partial charge in [-0.15, -0.1) is 0 Å². The Morgan fingerprint density at radius 1 is 1.42 bits per heavy atom. The molecule has 4 heteroatoms. The van der Waals surface area contributed by atoms with Gasteiger partial charge in [-0.3, -0.25) is 4.79 Å². The van der Waals surface area contributed by atoms with E-state index in [-0.39, 0.29) is 11.3 Å². The molecule has 1 saturated heterocycles. The number of aliphatic hydroxyl groups is 1. The molecule has 1 aliphatic rings. The van der Waals surface area contributed by atoms with E-state index in [9.17, 15) is 9.90 Å².